The molecule has 0 N–H and O–H groups in total. The van der Waals surface area contributed by atoms with Crippen LogP contribution in [-0.4, -0.2) is 43.7 Å². The van der Waals surface area contributed by atoms with Crippen molar-refractivity contribution in [1.29, 1.82) is 0 Å². The number of hydrogen-bond donors (Lipinski definition) is 0. The maximum absolute atomic E-state index is 12.8. The van der Waals surface area contributed by atoms with Crippen LogP contribution in [0.25, 0.3) is 0 Å². The summed E-state index contributed by atoms with van der Waals surface area (Å²) in [6.07, 6.45) is 1.44. The molecule has 26 heavy (non-hydrogen) atoms. The summed E-state index contributed by atoms with van der Waals surface area (Å²) in [7, 11) is -1.71. The minimum absolute atomic E-state index is 0.0108. The van der Waals surface area contributed by atoms with Gasteiger partial charge in [0, 0.05) is 26.7 Å². The third-order valence-corrected chi connectivity index (χ3v) is 7.98. The molecule has 1 aromatic carbocycles. The number of nitrogens with zero attached hydrogens (tertiary/aromatic N) is 2. The van der Waals surface area contributed by atoms with Gasteiger partial charge in [-0.3, -0.25) is 4.79 Å². The van der Waals surface area contributed by atoms with Gasteiger partial charge in [-0.2, -0.15) is 4.31 Å². The van der Waals surface area contributed by atoms with Gasteiger partial charge in [0.1, 0.15) is 4.21 Å². The van der Waals surface area contributed by atoms with E-state index in [1.807, 2.05) is 31.2 Å². The van der Waals surface area contributed by atoms with Gasteiger partial charge in [-0.25, -0.2) is 8.42 Å². The highest BCUT2D eigenvalue weighted by molar-refractivity contribution is 7.91. The van der Waals surface area contributed by atoms with E-state index in [1.165, 1.54) is 21.2 Å². The molecule has 1 aliphatic rings. The molecule has 1 aromatic heterocycles. The van der Waals surface area contributed by atoms with Crippen molar-refractivity contribution in [1.82, 2.24) is 9.21 Å². The van der Waals surface area contributed by atoms with Crippen molar-refractivity contribution in [2.24, 2.45) is 5.92 Å². The molecule has 2 aromatic rings. The number of carbonyl (C=O) groups is 1. The van der Waals surface area contributed by atoms with Crippen LogP contribution in [0.4, 0.5) is 0 Å². The Hall–Kier alpha value is -1.70. The molecule has 0 aliphatic carbocycles. The topological polar surface area (TPSA) is 57.7 Å². The molecule has 1 saturated heterocycles. The van der Waals surface area contributed by atoms with Crippen LogP contribution in [0, 0.1) is 12.8 Å². The second-order valence-electron chi connectivity index (χ2n) is 6.81. The molecule has 0 radical (unpaired) electrons. The smallest absolute Gasteiger partial charge is 0.252 e. The van der Waals surface area contributed by atoms with Gasteiger partial charge in [0.2, 0.25) is 5.91 Å². The number of carbonyl (C=O) groups excluding carboxylic acids is 1. The molecule has 1 amide bonds. The zero-order chi connectivity index (χ0) is 18.7. The molecule has 2 heterocycles. The SMILES string of the molecule is Cc1ccc(CN(C)C(=O)[C@H]2CCCN(S(=O)(=O)c3cccs3)C2)cc1. The van der Waals surface area contributed by atoms with Crippen molar-refractivity contribution < 1.29 is 13.2 Å². The highest BCUT2D eigenvalue weighted by Gasteiger charge is 2.34. The monoisotopic (exact) mass is 392 g/mol. The van der Waals surface area contributed by atoms with Crippen molar-refractivity contribution in [2.75, 3.05) is 20.1 Å². The van der Waals surface area contributed by atoms with Gasteiger partial charge >= 0.3 is 0 Å². The first kappa shape index (κ1) is 19.1. The third kappa shape index (κ3) is 4.16. The lowest BCUT2D eigenvalue weighted by molar-refractivity contribution is -0.135. The van der Waals surface area contributed by atoms with Crippen LogP contribution in [0.2, 0.25) is 0 Å². The van der Waals surface area contributed by atoms with Crippen LogP contribution in [-0.2, 0) is 21.4 Å². The lowest BCUT2D eigenvalue weighted by Gasteiger charge is -2.33. The molecule has 0 bridgehead atoms. The van der Waals surface area contributed by atoms with Crippen LogP contribution in [0.1, 0.15) is 24.0 Å². The minimum atomic E-state index is -3.49. The minimum Gasteiger partial charge on any atom is -0.341 e. The molecule has 0 spiro atoms. The highest BCUT2D eigenvalue weighted by atomic mass is 32.2. The number of piperidine rings is 1. The molecular formula is C19H24N2O3S2. The van der Waals surface area contributed by atoms with Gasteiger partial charge in [0.15, 0.2) is 0 Å². The number of thiophene rings is 1. The van der Waals surface area contributed by atoms with E-state index in [9.17, 15) is 13.2 Å². The molecule has 3 rings (SSSR count). The number of hydrogen-bond acceptors (Lipinski definition) is 4. The second-order valence-corrected chi connectivity index (χ2v) is 9.93. The molecule has 0 unspecified atom stereocenters. The Bertz CT molecular complexity index is 845. The van der Waals surface area contributed by atoms with E-state index in [2.05, 4.69) is 0 Å². The van der Waals surface area contributed by atoms with Crippen LogP contribution in [0.15, 0.2) is 46.0 Å². The normalized spacial score (nSPS) is 18.6. The summed E-state index contributed by atoms with van der Waals surface area (Å²) < 4.78 is 27.3. The summed E-state index contributed by atoms with van der Waals surface area (Å²) in [5.41, 5.74) is 2.26. The van der Waals surface area contributed by atoms with Gasteiger partial charge in [-0.1, -0.05) is 35.9 Å². The zero-order valence-electron chi connectivity index (χ0n) is 15.1. The van der Waals surface area contributed by atoms with Gasteiger partial charge in [0.05, 0.1) is 5.92 Å². The Kier molecular flexibility index (Phi) is 5.79. The number of rotatable bonds is 5. The van der Waals surface area contributed by atoms with E-state index >= 15 is 0 Å². The summed E-state index contributed by atoms with van der Waals surface area (Å²) >= 11 is 1.22. The first-order chi connectivity index (χ1) is 12.4. The van der Waals surface area contributed by atoms with E-state index in [4.69, 9.17) is 0 Å². The van der Waals surface area contributed by atoms with Gasteiger partial charge in [-0.05, 0) is 36.8 Å². The lowest BCUT2D eigenvalue weighted by atomic mass is 9.98. The van der Waals surface area contributed by atoms with Crippen molar-refractivity contribution in [3.8, 4) is 0 Å². The molecule has 1 fully saturated rings. The average molecular weight is 393 g/mol. The van der Waals surface area contributed by atoms with E-state index < -0.39 is 10.0 Å². The maximum Gasteiger partial charge on any atom is 0.252 e. The van der Waals surface area contributed by atoms with Crippen molar-refractivity contribution in [2.45, 2.75) is 30.5 Å². The zero-order valence-corrected chi connectivity index (χ0v) is 16.7. The summed E-state index contributed by atoms with van der Waals surface area (Å²) in [5.74, 6) is -0.273. The van der Waals surface area contributed by atoms with Crippen molar-refractivity contribution in [3.63, 3.8) is 0 Å². The van der Waals surface area contributed by atoms with E-state index in [-0.39, 0.29) is 18.4 Å². The fourth-order valence-electron chi connectivity index (χ4n) is 3.26. The molecule has 7 heteroatoms. The molecule has 5 nitrogen and oxygen atoms in total. The Morgan fingerprint density at radius 1 is 1.27 bits per heavy atom. The van der Waals surface area contributed by atoms with Crippen LogP contribution in [0.3, 0.4) is 0 Å². The first-order valence-electron chi connectivity index (χ1n) is 8.72. The Balaban J connectivity index is 1.67. The number of aryl methyl sites for hydroxylation is 1. The largest absolute Gasteiger partial charge is 0.341 e. The standard InChI is InChI=1S/C19H24N2O3S2/c1-15-7-9-16(10-8-15)13-20(2)19(22)17-5-3-11-21(14-17)26(23,24)18-6-4-12-25-18/h4,6-10,12,17H,3,5,11,13-14H2,1-2H3/t17-/m0/s1. The van der Waals surface area contributed by atoms with Crippen LogP contribution < -0.4 is 0 Å². The van der Waals surface area contributed by atoms with Gasteiger partial charge in [-0.15, -0.1) is 11.3 Å². The fraction of sp³-hybridized carbons (Fsp3) is 0.421. The number of sulfonamides is 1. The molecule has 1 atom stereocenters. The number of benzene rings is 1. The summed E-state index contributed by atoms with van der Waals surface area (Å²) in [5, 5.41) is 1.76. The molecule has 140 valence electrons. The predicted molar refractivity (Wildman–Crippen MR) is 103 cm³/mol. The van der Waals surface area contributed by atoms with Crippen molar-refractivity contribution in [3.05, 3.63) is 52.9 Å². The first-order valence-corrected chi connectivity index (χ1v) is 11.0. The Morgan fingerprint density at radius 3 is 2.65 bits per heavy atom. The van der Waals surface area contributed by atoms with Gasteiger partial charge < -0.3 is 4.90 Å². The fourth-order valence-corrected chi connectivity index (χ4v) is 5.93. The molecule has 0 saturated carbocycles. The maximum atomic E-state index is 12.8. The van der Waals surface area contributed by atoms with Crippen LogP contribution >= 0.6 is 11.3 Å². The average Bonchev–Trinajstić information content (AvgIpc) is 3.18. The Morgan fingerprint density at radius 2 is 2.00 bits per heavy atom. The molecular weight excluding hydrogens is 368 g/mol. The quantitative estimate of drug-likeness (QED) is 0.786. The van der Waals surface area contributed by atoms with E-state index in [0.717, 1.165) is 12.0 Å². The predicted octanol–water partition coefficient (Wildman–Crippen LogP) is 3.12. The summed E-state index contributed by atoms with van der Waals surface area (Å²) in [6, 6.07) is 11.5. The van der Waals surface area contributed by atoms with Gasteiger partial charge in [0.25, 0.3) is 10.0 Å². The van der Waals surface area contributed by atoms with Crippen LogP contribution in [0.5, 0.6) is 0 Å². The Labute approximate surface area is 159 Å². The van der Waals surface area contributed by atoms with Crippen molar-refractivity contribution >= 4 is 27.3 Å². The number of amides is 1. The third-order valence-electron chi connectivity index (χ3n) is 4.74. The summed E-state index contributed by atoms with van der Waals surface area (Å²) in [4.78, 5) is 14.5. The second kappa shape index (κ2) is 7.90. The lowest BCUT2D eigenvalue weighted by Crippen LogP contribution is -2.45. The summed E-state index contributed by atoms with van der Waals surface area (Å²) in [6.45, 7) is 3.31. The van der Waals surface area contributed by atoms with E-state index in [0.29, 0.717) is 23.7 Å². The molecule has 1 aliphatic heterocycles. The van der Waals surface area contributed by atoms with E-state index in [1.54, 1.807) is 29.5 Å². The highest BCUT2D eigenvalue weighted by Crippen LogP contribution is 2.27.